The lowest BCUT2D eigenvalue weighted by Crippen LogP contribution is -2.20. The lowest BCUT2D eigenvalue weighted by atomic mass is 10.2. The third-order valence-electron chi connectivity index (χ3n) is 4.53. The number of carbonyl (C=O) groups excluding carboxylic acids is 1. The minimum absolute atomic E-state index is 0.0625. The van der Waals surface area contributed by atoms with Gasteiger partial charge < -0.3 is 0 Å². The van der Waals surface area contributed by atoms with Crippen molar-refractivity contribution in [2.75, 3.05) is 5.75 Å². The van der Waals surface area contributed by atoms with Crippen LogP contribution in [0.25, 0.3) is 17.1 Å². The highest BCUT2D eigenvalue weighted by atomic mass is 35.5. The fourth-order valence-corrected chi connectivity index (χ4v) is 4.28. The smallest absolute Gasteiger partial charge is 0.250 e. The fraction of sp³-hybridized carbons (Fsp3) is 0.0435. The van der Waals surface area contributed by atoms with Crippen molar-refractivity contribution in [2.24, 2.45) is 5.10 Å². The molecule has 0 saturated carbocycles. The van der Waals surface area contributed by atoms with Crippen LogP contribution in [0.15, 0.2) is 77.0 Å². The van der Waals surface area contributed by atoms with Gasteiger partial charge in [-0.15, -0.1) is 10.2 Å². The van der Waals surface area contributed by atoms with Crippen LogP contribution in [0.4, 0.5) is 0 Å². The summed E-state index contributed by atoms with van der Waals surface area (Å²) in [5, 5.41) is 15.1. The molecule has 0 atom stereocenters. The minimum Gasteiger partial charge on any atom is -0.272 e. The van der Waals surface area contributed by atoms with Crippen LogP contribution < -0.4 is 5.43 Å². The number of benzene rings is 3. The van der Waals surface area contributed by atoms with Crippen LogP contribution in [0.3, 0.4) is 0 Å². The SMILES string of the molecule is O=C(CSc1nnc(-c2ccc(Cl)cc2)n1-c1ccc(Cl)cc1)N/N=C/c1cccc(Cl)c1Cl. The van der Waals surface area contributed by atoms with Gasteiger partial charge in [-0.3, -0.25) is 9.36 Å². The van der Waals surface area contributed by atoms with Crippen LogP contribution in [0.1, 0.15) is 5.56 Å². The molecule has 0 bridgehead atoms. The second kappa shape index (κ2) is 11.3. The summed E-state index contributed by atoms with van der Waals surface area (Å²) in [7, 11) is 0. The van der Waals surface area contributed by atoms with Crippen LogP contribution in [-0.4, -0.2) is 32.6 Å². The lowest BCUT2D eigenvalue weighted by Gasteiger charge is -2.10. The fourth-order valence-electron chi connectivity index (χ4n) is 2.93. The first-order chi connectivity index (χ1) is 16.4. The monoisotopic (exact) mass is 549 g/mol. The van der Waals surface area contributed by atoms with Crippen molar-refractivity contribution in [3.8, 4) is 17.1 Å². The number of halogens is 4. The Balaban J connectivity index is 1.51. The molecule has 0 aliphatic carbocycles. The summed E-state index contributed by atoms with van der Waals surface area (Å²) in [5.41, 5.74) is 4.70. The predicted molar refractivity (Wildman–Crippen MR) is 140 cm³/mol. The normalized spacial score (nSPS) is 11.2. The summed E-state index contributed by atoms with van der Waals surface area (Å²) in [6.45, 7) is 0. The van der Waals surface area contributed by atoms with Gasteiger partial charge in [0.05, 0.1) is 22.0 Å². The van der Waals surface area contributed by atoms with Crippen LogP contribution in [0.5, 0.6) is 0 Å². The van der Waals surface area contributed by atoms with Gasteiger partial charge in [0.15, 0.2) is 11.0 Å². The zero-order chi connectivity index (χ0) is 24.1. The summed E-state index contributed by atoms with van der Waals surface area (Å²) in [6.07, 6.45) is 1.44. The summed E-state index contributed by atoms with van der Waals surface area (Å²) in [4.78, 5) is 12.4. The highest BCUT2D eigenvalue weighted by Gasteiger charge is 2.17. The summed E-state index contributed by atoms with van der Waals surface area (Å²) in [6, 6.07) is 19.7. The maximum absolute atomic E-state index is 12.4. The number of rotatable bonds is 7. The average molecular weight is 551 g/mol. The molecule has 0 fully saturated rings. The van der Waals surface area contributed by atoms with Gasteiger partial charge in [0, 0.05) is 26.9 Å². The van der Waals surface area contributed by atoms with Crippen LogP contribution in [-0.2, 0) is 4.79 Å². The number of thioether (sulfide) groups is 1. The Morgan fingerprint density at radius 2 is 1.62 bits per heavy atom. The third-order valence-corrected chi connectivity index (χ3v) is 6.79. The molecule has 1 amide bonds. The van der Waals surface area contributed by atoms with Gasteiger partial charge in [0.2, 0.25) is 0 Å². The number of nitrogens with zero attached hydrogens (tertiary/aromatic N) is 4. The molecule has 0 aliphatic rings. The van der Waals surface area contributed by atoms with E-state index in [0.717, 1.165) is 11.3 Å². The van der Waals surface area contributed by atoms with E-state index in [9.17, 15) is 4.79 Å². The first-order valence-corrected chi connectivity index (χ1v) is 12.3. The Labute approximate surface area is 219 Å². The van der Waals surface area contributed by atoms with Crippen LogP contribution in [0, 0.1) is 0 Å². The van der Waals surface area contributed by atoms with Crippen molar-refractivity contribution >= 4 is 70.3 Å². The largest absolute Gasteiger partial charge is 0.272 e. The van der Waals surface area contributed by atoms with Crippen molar-refractivity contribution in [1.82, 2.24) is 20.2 Å². The van der Waals surface area contributed by atoms with Crippen LogP contribution in [0.2, 0.25) is 20.1 Å². The minimum atomic E-state index is -0.321. The molecule has 11 heteroatoms. The zero-order valence-corrected chi connectivity index (χ0v) is 21.1. The molecule has 172 valence electrons. The van der Waals surface area contributed by atoms with Gasteiger partial charge in [0.1, 0.15) is 0 Å². The molecule has 0 radical (unpaired) electrons. The molecule has 34 heavy (non-hydrogen) atoms. The van der Waals surface area contributed by atoms with E-state index in [2.05, 4.69) is 20.7 Å². The number of hydrogen-bond acceptors (Lipinski definition) is 5. The number of hydrogen-bond donors (Lipinski definition) is 1. The van der Waals surface area contributed by atoms with E-state index in [1.54, 1.807) is 42.5 Å². The van der Waals surface area contributed by atoms with Crippen molar-refractivity contribution in [1.29, 1.82) is 0 Å². The predicted octanol–water partition coefficient (Wildman–Crippen LogP) is 6.79. The van der Waals surface area contributed by atoms with Gasteiger partial charge in [0.25, 0.3) is 5.91 Å². The molecule has 0 saturated heterocycles. The molecular formula is C23H15Cl4N5OS. The number of nitrogens with one attached hydrogen (secondary N) is 1. The Bertz CT molecular complexity index is 1340. The second-order valence-electron chi connectivity index (χ2n) is 6.85. The maximum atomic E-state index is 12.4. The molecule has 1 N–H and O–H groups in total. The number of carbonyl (C=O) groups is 1. The van der Waals surface area contributed by atoms with Gasteiger partial charge in [-0.2, -0.15) is 5.10 Å². The van der Waals surface area contributed by atoms with Gasteiger partial charge in [-0.05, 0) is 54.6 Å². The molecule has 4 aromatic rings. The molecular weight excluding hydrogens is 536 g/mol. The van der Waals surface area contributed by atoms with E-state index in [-0.39, 0.29) is 11.7 Å². The Morgan fingerprint density at radius 3 is 2.32 bits per heavy atom. The van der Waals surface area contributed by atoms with Crippen molar-refractivity contribution < 1.29 is 4.79 Å². The van der Waals surface area contributed by atoms with E-state index >= 15 is 0 Å². The highest BCUT2D eigenvalue weighted by molar-refractivity contribution is 7.99. The quantitative estimate of drug-likeness (QED) is 0.156. The van der Waals surface area contributed by atoms with Crippen molar-refractivity contribution in [3.63, 3.8) is 0 Å². The second-order valence-corrected chi connectivity index (χ2v) is 9.45. The molecule has 1 aromatic heterocycles. The summed E-state index contributed by atoms with van der Waals surface area (Å²) >= 11 is 25.4. The molecule has 4 rings (SSSR count). The van der Waals surface area contributed by atoms with E-state index in [4.69, 9.17) is 46.4 Å². The van der Waals surface area contributed by atoms with E-state index < -0.39 is 0 Å². The Morgan fingerprint density at radius 1 is 0.941 bits per heavy atom. The van der Waals surface area contributed by atoms with Gasteiger partial charge in [-0.1, -0.05) is 70.3 Å². The first-order valence-electron chi connectivity index (χ1n) is 9.78. The molecule has 0 spiro atoms. The maximum Gasteiger partial charge on any atom is 0.250 e. The summed E-state index contributed by atoms with van der Waals surface area (Å²) in [5.74, 6) is 0.348. The van der Waals surface area contributed by atoms with Crippen LogP contribution >= 0.6 is 58.2 Å². The standard InChI is InChI=1S/C23H15Cl4N5OS/c24-16-6-4-14(5-7-16)22-30-31-23(32(22)18-10-8-17(25)9-11-18)34-13-20(33)29-28-12-15-2-1-3-19(26)21(15)27/h1-12H,13H2,(H,29,33)/b28-12+. The van der Waals surface area contributed by atoms with E-state index in [1.807, 2.05) is 28.8 Å². The first kappa shape index (κ1) is 24.6. The van der Waals surface area contributed by atoms with Gasteiger partial charge in [-0.25, -0.2) is 5.43 Å². The number of aromatic nitrogens is 3. The topological polar surface area (TPSA) is 72.2 Å². The third kappa shape index (κ3) is 5.92. The number of amides is 1. The average Bonchev–Trinajstić information content (AvgIpc) is 3.25. The summed E-state index contributed by atoms with van der Waals surface area (Å²) < 4.78 is 1.85. The van der Waals surface area contributed by atoms with Gasteiger partial charge >= 0.3 is 0 Å². The highest BCUT2D eigenvalue weighted by Crippen LogP contribution is 2.29. The van der Waals surface area contributed by atoms with E-state index in [1.165, 1.54) is 18.0 Å². The number of hydrazone groups is 1. The van der Waals surface area contributed by atoms with E-state index in [0.29, 0.717) is 36.6 Å². The molecule has 3 aromatic carbocycles. The lowest BCUT2D eigenvalue weighted by molar-refractivity contribution is -0.118. The molecule has 0 aliphatic heterocycles. The van der Waals surface area contributed by atoms with Crippen molar-refractivity contribution in [3.05, 3.63) is 92.4 Å². The Kier molecular flexibility index (Phi) is 8.13. The zero-order valence-electron chi connectivity index (χ0n) is 17.3. The molecule has 0 unspecified atom stereocenters. The molecule has 6 nitrogen and oxygen atoms in total. The Hall–Kier alpha value is -2.55. The molecule has 1 heterocycles. The van der Waals surface area contributed by atoms with Crippen molar-refractivity contribution in [2.45, 2.75) is 5.16 Å².